The van der Waals surface area contributed by atoms with Crippen molar-refractivity contribution in [3.63, 3.8) is 0 Å². The summed E-state index contributed by atoms with van der Waals surface area (Å²) in [6.45, 7) is 10.6. The summed E-state index contributed by atoms with van der Waals surface area (Å²) in [5, 5.41) is 4.19. The van der Waals surface area contributed by atoms with Crippen LogP contribution in [0, 0.1) is 5.41 Å². The molecular weight excluding hydrogens is 491 g/mol. The molecule has 2 N–H and O–H groups in total. The molecule has 1 aliphatic heterocycles. The summed E-state index contributed by atoms with van der Waals surface area (Å²) in [5.74, 6) is -0.443. The van der Waals surface area contributed by atoms with E-state index in [2.05, 4.69) is 32.8 Å². The maximum atomic E-state index is 13.3. The molecule has 0 unspecified atom stereocenters. The second-order valence-corrected chi connectivity index (χ2v) is 11.8. The van der Waals surface area contributed by atoms with Crippen LogP contribution < -0.4 is 10.0 Å². The second kappa shape index (κ2) is 11.2. The predicted octanol–water partition coefficient (Wildman–Crippen LogP) is 4.71. The first kappa shape index (κ1) is 27.0. The van der Waals surface area contributed by atoms with Gasteiger partial charge in [-0.3, -0.25) is 14.4 Å². The number of hydrogen-bond donors (Lipinski definition) is 2. The molecule has 9 heteroatoms. The third-order valence-electron chi connectivity index (χ3n) is 6.86. The molecule has 1 heterocycles. The predicted molar refractivity (Wildman–Crippen MR) is 147 cm³/mol. The van der Waals surface area contributed by atoms with Crippen molar-refractivity contribution >= 4 is 38.1 Å². The van der Waals surface area contributed by atoms with E-state index in [4.69, 9.17) is 0 Å². The van der Waals surface area contributed by atoms with E-state index in [-0.39, 0.29) is 4.90 Å². The normalized spacial score (nSPS) is 15.6. The van der Waals surface area contributed by atoms with Gasteiger partial charge in [0.05, 0.1) is 10.3 Å². The Bertz CT molecular complexity index is 1350. The average molecular weight is 527 g/mol. The first-order valence-electron chi connectivity index (χ1n) is 12.6. The lowest BCUT2D eigenvalue weighted by Crippen LogP contribution is -2.45. The van der Waals surface area contributed by atoms with E-state index in [0.29, 0.717) is 16.8 Å². The molecule has 1 amide bonds. The molecule has 0 saturated carbocycles. The number of alkyl halides is 1. The van der Waals surface area contributed by atoms with Crippen LogP contribution in [0.5, 0.6) is 0 Å². The van der Waals surface area contributed by atoms with Gasteiger partial charge in [-0.05, 0) is 67.7 Å². The van der Waals surface area contributed by atoms with Crippen LogP contribution in [0.3, 0.4) is 0 Å². The van der Waals surface area contributed by atoms with Gasteiger partial charge in [-0.1, -0.05) is 31.2 Å². The molecule has 4 rings (SSSR count). The van der Waals surface area contributed by atoms with Crippen molar-refractivity contribution in [2.75, 3.05) is 49.4 Å². The highest BCUT2D eigenvalue weighted by atomic mass is 32.2. The van der Waals surface area contributed by atoms with Gasteiger partial charge in [-0.25, -0.2) is 12.8 Å². The Morgan fingerprint density at radius 3 is 2.24 bits per heavy atom. The molecule has 0 aliphatic carbocycles. The smallest absolute Gasteiger partial charge is 0.262 e. The van der Waals surface area contributed by atoms with E-state index in [1.165, 1.54) is 13.8 Å². The largest absolute Gasteiger partial charge is 0.326 e. The highest BCUT2D eigenvalue weighted by molar-refractivity contribution is 7.93. The summed E-state index contributed by atoms with van der Waals surface area (Å²) in [6, 6.07) is 17.5. The monoisotopic (exact) mass is 526 g/mol. The zero-order chi connectivity index (χ0) is 26.6. The lowest BCUT2D eigenvalue weighted by Gasteiger charge is -2.34. The van der Waals surface area contributed by atoms with Crippen molar-refractivity contribution in [2.45, 2.75) is 32.2 Å². The number of likely N-dealkylation sites (N-methyl/N-ethyl adjacent to an activating group) is 1. The first-order chi connectivity index (χ1) is 17.6. The number of fused-ring (bicyclic) bond motifs is 1. The van der Waals surface area contributed by atoms with Crippen LogP contribution in [0.1, 0.15) is 26.3 Å². The van der Waals surface area contributed by atoms with Crippen LogP contribution in [0.4, 0.5) is 15.8 Å². The molecule has 7 nitrogen and oxygen atoms in total. The fourth-order valence-electron chi connectivity index (χ4n) is 4.35. The molecule has 3 aromatic rings. The molecule has 0 radical (unpaired) electrons. The van der Waals surface area contributed by atoms with Crippen LogP contribution in [-0.4, -0.2) is 63.5 Å². The van der Waals surface area contributed by atoms with Gasteiger partial charge < -0.3 is 10.2 Å². The third-order valence-corrected chi connectivity index (χ3v) is 8.30. The highest BCUT2D eigenvalue weighted by Gasteiger charge is 2.27. The molecule has 3 aromatic carbocycles. The molecule has 0 atom stereocenters. The van der Waals surface area contributed by atoms with Crippen LogP contribution in [0.15, 0.2) is 65.6 Å². The van der Waals surface area contributed by atoms with E-state index in [0.717, 1.165) is 50.2 Å². The van der Waals surface area contributed by atoms with Crippen LogP contribution in [0.2, 0.25) is 0 Å². The number of nitrogens with zero attached hydrogens (tertiary/aromatic N) is 2. The SMILES string of the molecule is CCN1CCN(Cc2ccc3c(S(=O)(=O)Nc4ccc(NC(=O)C(C)(C)CF)cc4)cccc3c2)CC1. The van der Waals surface area contributed by atoms with E-state index in [9.17, 15) is 17.6 Å². The first-order valence-corrected chi connectivity index (χ1v) is 14.1. The van der Waals surface area contributed by atoms with Crippen molar-refractivity contribution in [1.29, 1.82) is 0 Å². The number of nitrogens with one attached hydrogen (secondary N) is 2. The Labute approximate surface area is 218 Å². The van der Waals surface area contributed by atoms with Gasteiger partial charge in [-0.2, -0.15) is 0 Å². The Kier molecular flexibility index (Phi) is 8.16. The molecular formula is C28H35FN4O3S. The number of piperazine rings is 1. The standard InChI is InChI=1S/C28H35FN4O3S/c1-4-32-14-16-33(17-15-32)19-21-8-13-25-22(18-21)6-5-7-26(25)37(35,36)31-24-11-9-23(10-12-24)30-27(34)28(2,3)20-29/h5-13,18,31H,4,14-17,19-20H2,1-3H3,(H,30,34). The van der Waals surface area contributed by atoms with E-state index >= 15 is 0 Å². The summed E-state index contributed by atoms with van der Waals surface area (Å²) >= 11 is 0. The average Bonchev–Trinajstić information content (AvgIpc) is 2.89. The molecule has 1 fully saturated rings. The molecule has 198 valence electrons. The zero-order valence-corrected chi connectivity index (χ0v) is 22.4. The molecule has 1 aliphatic rings. The number of carbonyl (C=O) groups is 1. The summed E-state index contributed by atoms with van der Waals surface area (Å²) in [5.41, 5.74) is 0.845. The number of carbonyl (C=O) groups excluding carboxylic acids is 1. The van der Waals surface area contributed by atoms with Crippen molar-refractivity contribution < 1.29 is 17.6 Å². The minimum Gasteiger partial charge on any atom is -0.326 e. The van der Waals surface area contributed by atoms with Crippen molar-refractivity contribution in [1.82, 2.24) is 9.80 Å². The summed E-state index contributed by atoms with van der Waals surface area (Å²) in [4.78, 5) is 17.3. The topological polar surface area (TPSA) is 81.8 Å². The van der Waals surface area contributed by atoms with Crippen LogP contribution in [-0.2, 0) is 21.4 Å². The zero-order valence-electron chi connectivity index (χ0n) is 21.6. The van der Waals surface area contributed by atoms with Gasteiger partial charge in [-0.15, -0.1) is 0 Å². The lowest BCUT2D eigenvalue weighted by molar-refractivity contribution is -0.124. The summed E-state index contributed by atoms with van der Waals surface area (Å²) < 4.78 is 42.2. The number of halogens is 1. The minimum atomic E-state index is -3.86. The molecule has 0 spiro atoms. The van der Waals surface area contributed by atoms with Gasteiger partial charge in [0, 0.05) is 49.5 Å². The fraction of sp³-hybridized carbons (Fsp3) is 0.393. The number of sulfonamides is 1. The van der Waals surface area contributed by atoms with E-state index in [1.807, 2.05) is 18.2 Å². The minimum absolute atomic E-state index is 0.204. The number of benzene rings is 3. The van der Waals surface area contributed by atoms with Crippen molar-refractivity contribution in [3.05, 3.63) is 66.2 Å². The fourth-order valence-corrected chi connectivity index (χ4v) is 5.64. The van der Waals surface area contributed by atoms with Crippen molar-refractivity contribution in [3.8, 4) is 0 Å². The Morgan fingerprint density at radius 2 is 1.59 bits per heavy atom. The number of rotatable bonds is 9. The Morgan fingerprint density at radius 1 is 0.946 bits per heavy atom. The second-order valence-electron chi connectivity index (χ2n) is 10.2. The lowest BCUT2D eigenvalue weighted by atomic mass is 9.94. The maximum absolute atomic E-state index is 13.3. The van der Waals surface area contributed by atoms with Gasteiger partial charge in [0.2, 0.25) is 5.91 Å². The van der Waals surface area contributed by atoms with Crippen molar-refractivity contribution in [2.24, 2.45) is 5.41 Å². The quantitative estimate of drug-likeness (QED) is 0.422. The molecule has 0 aromatic heterocycles. The number of hydrogen-bond acceptors (Lipinski definition) is 5. The van der Waals surface area contributed by atoms with Crippen LogP contribution in [0.25, 0.3) is 10.8 Å². The molecule has 0 bridgehead atoms. The highest BCUT2D eigenvalue weighted by Crippen LogP contribution is 2.27. The van der Waals surface area contributed by atoms with Gasteiger partial charge in [0.15, 0.2) is 0 Å². The van der Waals surface area contributed by atoms with Gasteiger partial charge in [0.1, 0.15) is 6.67 Å². The van der Waals surface area contributed by atoms with E-state index in [1.54, 1.807) is 36.4 Å². The number of amides is 1. The maximum Gasteiger partial charge on any atom is 0.262 e. The van der Waals surface area contributed by atoms with Gasteiger partial charge >= 0.3 is 0 Å². The molecule has 1 saturated heterocycles. The number of anilines is 2. The van der Waals surface area contributed by atoms with Crippen LogP contribution >= 0.6 is 0 Å². The Hall–Kier alpha value is -3.01. The van der Waals surface area contributed by atoms with Gasteiger partial charge in [0.25, 0.3) is 10.0 Å². The summed E-state index contributed by atoms with van der Waals surface area (Å²) in [7, 11) is -3.86. The van der Waals surface area contributed by atoms with E-state index < -0.39 is 28.0 Å². The molecule has 37 heavy (non-hydrogen) atoms. The summed E-state index contributed by atoms with van der Waals surface area (Å²) in [6.07, 6.45) is 0. The third kappa shape index (κ3) is 6.47. The Balaban J connectivity index is 1.47.